The molecule has 0 fully saturated rings. The molecule has 6 aromatic rings. The maximum absolute atomic E-state index is 3.84. The number of allylic oxidation sites excluding steroid dienone is 13. The summed E-state index contributed by atoms with van der Waals surface area (Å²) in [6.45, 7) is 13.5. The van der Waals surface area contributed by atoms with Crippen LogP contribution in [0.3, 0.4) is 0 Å². The van der Waals surface area contributed by atoms with Crippen LogP contribution in [0.15, 0.2) is 175 Å². The minimum Gasteiger partial charge on any atom is -0.361 e. The second-order valence-corrected chi connectivity index (χ2v) is 17.0. The zero-order chi connectivity index (χ0) is 43.6. The molecule has 2 N–H and O–H groups in total. The maximum Gasteiger partial charge on any atom is 0.140 e. The van der Waals surface area contributed by atoms with E-state index in [-0.39, 0.29) is 0 Å². The fourth-order valence-corrected chi connectivity index (χ4v) is 8.96. The van der Waals surface area contributed by atoms with E-state index < -0.39 is 0 Å². The van der Waals surface area contributed by atoms with Crippen molar-refractivity contribution in [2.45, 2.75) is 80.1 Å². The van der Waals surface area contributed by atoms with Crippen molar-refractivity contribution in [1.82, 2.24) is 4.98 Å². The van der Waals surface area contributed by atoms with Crippen molar-refractivity contribution in [2.24, 2.45) is 0 Å². The molecule has 0 aliphatic heterocycles. The van der Waals surface area contributed by atoms with E-state index in [4.69, 9.17) is 0 Å². The smallest absolute Gasteiger partial charge is 0.140 e. The summed E-state index contributed by atoms with van der Waals surface area (Å²) >= 11 is 0. The van der Waals surface area contributed by atoms with Gasteiger partial charge in [0.05, 0.1) is 0 Å². The minimum atomic E-state index is 1.04. The van der Waals surface area contributed by atoms with Gasteiger partial charge in [-0.15, -0.1) is 0 Å². The molecular formula is C58H62B2N2. The number of H-pyrrole nitrogens is 1. The molecule has 2 nitrogen and oxygen atoms in total. The lowest BCUT2D eigenvalue weighted by Crippen LogP contribution is -2.17. The Morgan fingerprint density at radius 3 is 2.26 bits per heavy atom. The Bertz CT molecular complexity index is 2780. The van der Waals surface area contributed by atoms with Gasteiger partial charge >= 0.3 is 0 Å². The Labute approximate surface area is 373 Å². The SMILES string of the molecule is Bc1ccc(N/C=C(/C=C\C)c2c(-c3cc(C4=C(C)CCC=C4)cc(C(=C(C)C)C(/C=C\CCC)=C\CCC)c3B)cccc2-c2c[nH]c3ccccc23)c(-c2ccccc2)c1. The topological polar surface area (TPSA) is 27.8 Å². The van der Waals surface area contributed by atoms with Crippen LogP contribution in [0, 0.1) is 0 Å². The minimum absolute atomic E-state index is 1.04. The molecule has 0 saturated carbocycles. The van der Waals surface area contributed by atoms with Crippen LogP contribution in [0.25, 0.3) is 61.0 Å². The second-order valence-electron chi connectivity index (χ2n) is 17.0. The summed E-state index contributed by atoms with van der Waals surface area (Å²) in [7, 11) is 4.51. The second kappa shape index (κ2) is 20.5. The molecule has 4 heteroatoms. The number of hydrogen-bond acceptors (Lipinski definition) is 1. The number of benzene rings is 5. The van der Waals surface area contributed by atoms with Crippen molar-refractivity contribution >= 4 is 59.9 Å². The number of para-hydroxylation sites is 1. The highest BCUT2D eigenvalue weighted by Gasteiger charge is 2.23. The molecule has 310 valence electrons. The van der Waals surface area contributed by atoms with Gasteiger partial charge in [-0.3, -0.25) is 0 Å². The molecule has 62 heavy (non-hydrogen) atoms. The quantitative estimate of drug-likeness (QED) is 0.0785. The van der Waals surface area contributed by atoms with E-state index in [0.29, 0.717) is 0 Å². The number of fused-ring (bicyclic) bond motifs is 1. The molecule has 0 unspecified atom stereocenters. The van der Waals surface area contributed by atoms with Crippen molar-refractivity contribution in [3.8, 4) is 33.4 Å². The summed E-state index contributed by atoms with van der Waals surface area (Å²) < 4.78 is 0. The Morgan fingerprint density at radius 1 is 0.758 bits per heavy atom. The van der Waals surface area contributed by atoms with E-state index in [2.05, 4.69) is 226 Å². The van der Waals surface area contributed by atoms with Crippen molar-refractivity contribution in [1.29, 1.82) is 0 Å². The number of aromatic amines is 1. The van der Waals surface area contributed by atoms with Crippen molar-refractivity contribution in [3.63, 3.8) is 0 Å². The van der Waals surface area contributed by atoms with E-state index >= 15 is 0 Å². The van der Waals surface area contributed by atoms with Gasteiger partial charge in [0, 0.05) is 40.1 Å². The number of nitrogens with one attached hydrogen (secondary N) is 2. The Kier molecular flexibility index (Phi) is 14.5. The van der Waals surface area contributed by atoms with Crippen LogP contribution < -0.4 is 16.2 Å². The van der Waals surface area contributed by atoms with Gasteiger partial charge in [0.1, 0.15) is 15.7 Å². The molecule has 1 aromatic heterocycles. The first kappa shape index (κ1) is 43.8. The van der Waals surface area contributed by atoms with E-state index in [1.54, 1.807) is 0 Å². The molecule has 0 spiro atoms. The van der Waals surface area contributed by atoms with Crippen molar-refractivity contribution in [3.05, 3.63) is 191 Å². The summed E-state index contributed by atoms with van der Waals surface area (Å²) in [5, 5.41) is 5.05. The Morgan fingerprint density at radius 2 is 1.52 bits per heavy atom. The lowest BCUT2D eigenvalue weighted by Gasteiger charge is -2.24. The number of unbranched alkanes of at least 4 members (excludes halogenated alkanes) is 2. The first-order chi connectivity index (χ1) is 30.2. The van der Waals surface area contributed by atoms with Gasteiger partial charge in [-0.1, -0.05) is 170 Å². The normalized spacial score (nSPS) is 13.5. The van der Waals surface area contributed by atoms with Crippen LogP contribution in [0.1, 0.15) is 96.8 Å². The van der Waals surface area contributed by atoms with Crippen molar-refractivity contribution in [2.75, 3.05) is 5.32 Å². The summed E-state index contributed by atoms with van der Waals surface area (Å²) in [5.41, 5.74) is 23.5. The fourth-order valence-electron chi connectivity index (χ4n) is 8.96. The molecule has 0 radical (unpaired) electrons. The van der Waals surface area contributed by atoms with Gasteiger partial charge in [-0.25, -0.2) is 0 Å². The molecule has 0 atom stereocenters. The number of aromatic nitrogens is 1. The summed E-state index contributed by atoms with van der Waals surface area (Å²) in [6, 6.07) is 37.9. The van der Waals surface area contributed by atoms with Gasteiger partial charge in [0.2, 0.25) is 0 Å². The first-order valence-electron chi connectivity index (χ1n) is 22.8. The lowest BCUT2D eigenvalue weighted by molar-refractivity contribution is 0.949. The first-order valence-corrected chi connectivity index (χ1v) is 22.8. The average molecular weight is 809 g/mol. The van der Waals surface area contributed by atoms with Gasteiger partial charge in [-0.2, -0.15) is 0 Å². The van der Waals surface area contributed by atoms with E-state index in [1.165, 1.54) is 94.2 Å². The van der Waals surface area contributed by atoms with E-state index in [9.17, 15) is 0 Å². The van der Waals surface area contributed by atoms with Gasteiger partial charge < -0.3 is 10.3 Å². The Hall–Kier alpha value is -6.25. The van der Waals surface area contributed by atoms with Crippen molar-refractivity contribution < 1.29 is 0 Å². The summed E-state index contributed by atoms with van der Waals surface area (Å²) in [4.78, 5) is 3.60. The highest BCUT2D eigenvalue weighted by atomic mass is 14.8. The molecule has 0 saturated heterocycles. The third-order valence-electron chi connectivity index (χ3n) is 12.1. The summed E-state index contributed by atoms with van der Waals surface area (Å²) in [6.07, 6.45) is 27.2. The monoisotopic (exact) mass is 809 g/mol. The standard InChI is InChI=1S/C58H62B2N2/c1-7-10-13-26-42(23-11-8-2)56(39(4)5)52-35-44(46-27-17-16-22-40(46)6)34-51(58(52)60)48-29-20-30-49(53-38-62-54-31-19-18-28-47(53)54)57(48)43(21-9-3)37-61-55-33-32-45(59)36-50(55)41-24-14-12-15-25-41/h9,12-15,17-21,23-38,61-62H,7-8,10-11,16,22,59-60H2,1-6H3/b21-9-,26-13-,42-23-,43-37-. The van der Waals surface area contributed by atoms with Crippen LogP contribution >= 0.6 is 0 Å². The fraction of sp³-hybridized carbons (Fsp3) is 0.207. The predicted molar refractivity (Wildman–Crippen MR) is 280 cm³/mol. The average Bonchev–Trinajstić information content (AvgIpc) is 3.72. The zero-order valence-corrected chi connectivity index (χ0v) is 38.3. The molecule has 7 rings (SSSR count). The number of rotatable bonds is 15. The zero-order valence-electron chi connectivity index (χ0n) is 38.3. The molecule has 1 aliphatic carbocycles. The van der Waals surface area contributed by atoms with Crippen LogP contribution in [0.2, 0.25) is 0 Å². The maximum atomic E-state index is 3.84. The molecular weight excluding hydrogens is 746 g/mol. The lowest BCUT2D eigenvalue weighted by atomic mass is 9.74. The third-order valence-corrected chi connectivity index (χ3v) is 12.1. The van der Waals surface area contributed by atoms with Gasteiger partial charge in [0.25, 0.3) is 0 Å². The predicted octanol–water partition coefficient (Wildman–Crippen LogP) is 13.7. The molecule has 0 amide bonds. The van der Waals surface area contributed by atoms with E-state index in [0.717, 1.165) is 55.3 Å². The highest BCUT2D eigenvalue weighted by Crippen LogP contribution is 2.43. The van der Waals surface area contributed by atoms with Crippen LogP contribution in [-0.2, 0) is 0 Å². The molecule has 1 heterocycles. The van der Waals surface area contributed by atoms with Crippen LogP contribution in [0.4, 0.5) is 5.69 Å². The number of hydrogen-bond donors (Lipinski definition) is 2. The summed E-state index contributed by atoms with van der Waals surface area (Å²) in [5.74, 6) is 0. The van der Waals surface area contributed by atoms with Gasteiger partial charge in [-0.05, 0) is 139 Å². The molecule has 0 bridgehead atoms. The Balaban J connectivity index is 1.54. The largest absolute Gasteiger partial charge is 0.361 e. The molecule has 5 aromatic carbocycles. The van der Waals surface area contributed by atoms with Crippen LogP contribution in [0.5, 0.6) is 0 Å². The highest BCUT2D eigenvalue weighted by molar-refractivity contribution is 6.39. The molecule has 1 aliphatic rings. The van der Waals surface area contributed by atoms with Gasteiger partial charge in [0.15, 0.2) is 0 Å². The number of anilines is 1. The van der Waals surface area contributed by atoms with Crippen LogP contribution in [-0.4, -0.2) is 20.7 Å². The van der Waals surface area contributed by atoms with E-state index in [1.807, 2.05) is 0 Å². The third kappa shape index (κ3) is 9.61.